The molecule has 96 valence electrons. The number of nitrogens with zero attached hydrogens (tertiary/aromatic N) is 3. The molecule has 1 aromatic heterocycles. The van der Waals surface area contributed by atoms with E-state index in [1.165, 1.54) is 12.1 Å². The highest BCUT2D eigenvalue weighted by Gasteiger charge is 2.06. The summed E-state index contributed by atoms with van der Waals surface area (Å²) < 4.78 is 15.7. The van der Waals surface area contributed by atoms with Crippen LogP contribution >= 0.6 is 27.7 Å². The third-order valence-corrected chi connectivity index (χ3v) is 4.40. The molecule has 0 spiro atoms. The molecule has 0 fully saturated rings. The van der Waals surface area contributed by atoms with Gasteiger partial charge >= 0.3 is 0 Å². The predicted octanol–water partition coefficient (Wildman–Crippen LogP) is 3.46. The molecule has 0 bridgehead atoms. The van der Waals surface area contributed by atoms with Gasteiger partial charge in [0.15, 0.2) is 0 Å². The lowest BCUT2D eigenvalue weighted by Gasteiger charge is -2.05. The van der Waals surface area contributed by atoms with E-state index in [1.54, 1.807) is 17.8 Å². The molecule has 0 radical (unpaired) electrons. The molecule has 0 N–H and O–H groups in total. The van der Waals surface area contributed by atoms with Crippen LogP contribution in [-0.4, -0.2) is 14.8 Å². The van der Waals surface area contributed by atoms with Crippen molar-refractivity contribution in [1.82, 2.24) is 14.8 Å². The summed E-state index contributed by atoms with van der Waals surface area (Å²) in [6.45, 7) is 1.93. The molecular formula is C12H13BrFN3S. The summed E-state index contributed by atoms with van der Waals surface area (Å²) in [5, 5.41) is 8.12. The number of hydrogen-bond acceptors (Lipinski definition) is 3. The molecule has 6 heteroatoms. The van der Waals surface area contributed by atoms with Crippen molar-refractivity contribution in [2.75, 3.05) is 0 Å². The smallest absolute Gasteiger partial charge is 0.142 e. The number of halogens is 2. The monoisotopic (exact) mass is 329 g/mol. The van der Waals surface area contributed by atoms with Gasteiger partial charge in [0, 0.05) is 17.3 Å². The van der Waals surface area contributed by atoms with E-state index in [1.807, 2.05) is 18.5 Å². The summed E-state index contributed by atoms with van der Waals surface area (Å²) >= 11 is 5.10. The summed E-state index contributed by atoms with van der Waals surface area (Å²) in [4.78, 5) is 0. The van der Waals surface area contributed by atoms with Crippen molar-refractivity contribution in [2.24, 2.45) is 7.05 Å². The summed E-state index contributed by atoms with van der Waals surface area (Å²) in [7, 11) is 1.96. The highest BCUT2D eigenvalue weighted by molar-refractivity contribution is 9.10. The van der Waals surface area contributed by atoms with E-state index in [-0.39, 0.29) is 5.82 Å². The predicted molar refractivity (Wildman–Crippen MR) is 74.8 cm³/mol. The van der Waals surface area contributed by atoms with Crippen LogP contribution in [0.25, 0.3) is 0 Å². The van der Waals surface area contributed by atoms with Crippen molar-refractivity contribution in [3.05, 3.63) is 45.7 Å². The quantitative estimate of drug-likeness (QED) is 0.860. The van der Waals surface area contributed by atoms with Gasteiger partial charge in [-0.15, -0.1) is 22.0 Å². The van der Waals surface area contributed by atoms with Gasteiger partial charge in [0.05, 0.1) is 5.75 Å². The van der Waals surface area contributed by atoms with E-state index in [0.29, 0.717) is 0 Å². The van der Waals surface area contributed by atoms with Crippen molar-refractivity contribution in [1.29, 1.82) is 0 Å². The van der Waals surface area contributed by atoms with Crippen LogP contribution in [0.2, 0.25) is 0 Å². The molecule has 0 aliphatic carbocycles. The summed E-state index contributed by atoms with van der Waals surface area (Å²) in [6, 6.07) is 4.77. The molecule has 2 aromatic rings. The van der Waals surface area contributed by atoms with Crippen molar-refractivity contribution in [3.63, 3.8) is 0 Å². The molecule has 0 unspecified atom stereocenters. The largest absolute Gasteiger partial charge is 0.318 e. The molecule has 2 rings (SSSR count). The molecular weight excluding hydrogens is 317 g/mol. The minimum atomic E-state index is -0.223. The Labute approximate surface area is 118 Å². The lowest BCUT2D eigenvalue weighted by molar-refractivity contribution is 0.626. The highest BCUT2D eigenvalue weighted by Crippen LogP contribution is 2.24. The fourth-order valence-corrected chi connectivity index (χ4v) is 3.15. The second kappa shape index (κ2) is 5.84. The zero-order valence-corrected chi connectivity index (χ0v) is 12.6. The second-order valence-electron chi connectivity index (χ2n) is 3.95. The van der Waals surface area contributed by atoms with Gasteiger partial charge in [-0.2, -0.15) is 0 Å². The van der Waals surface area contributed by atoms with E-state index < -0.39 is 0 Å². The van der Waals surface area contributed by atoms with Crippen LogP contribution in [0.1, 0.15) is 17.2 Å². The Bertz CT molecular complexity index is 556. The topological polar surface area (TPSA) is 30.7 Å². The Balaban J connectivity index is 1.94. The SMILES string of the molecule is Cc1nnc(CSCc2ccc(F)cc2Br)n1C. The van der Waals surface area contributed by atoms with Gasteiger partial charge in [0.1, 0.15) is 17.5 Å². The first kappa shape index (κ1) is 13.5. The Morgan fingerprint density at radius 3 is 2.72 bits per heavy atom. The van der Waals surface area contributed by atoms with Crippen molar-refractivity contribution in [3.8, 4) is 0 Å². The van der Waals surface area contributed by atoms with Gasteiger partial charge in [-0.3, -0.25) is 0 Å². The number of hydrogen-bond donors (Lipinski definition) is 0. The number of rotatable bonds is 4. The van der Waals surface area contributed by atoms with Crippen LogP contribution in [-0.2, 0) is 18.6 Å². The van der Waals surface area contributed by atoms with Crippen molar-refractivity contribution < 1.29 is 4.39 Å². The third kappa shape index (κ3) is 3.11. The first-order valence-corrected chi connectivity index (χ1v) is 7.39. The van der Waals surface area contributed by atoms with E-state index in [2.05, 4.69) is 26.1 Å². The van der Waals surface area contributed by atoms with Crippen molar-refractivity contribution in [2.45, 2.75) is 18.4 Å². The molecule has 0 atom stereocenters. The van der Waals surface area contributed by atoms with Crippen LogP contribution in [0, 0.1) is 12.7 Å². The molecule has 0 saturated carbocycles. The van der Waals surface area contributed by atoms with Gasteiger partial charge in [0.2, 0.25) is 0 Å². The maximum atomic E-state index is 12.9. The van der Waals surface area contributed by atoms with Crippen LogP contribution in [0.3, 0.4) is 0 Å². The van der Waals surface area contributed by atoms with Crippen LogP contribution in [0.5, 0.6) is 0 Å². The molecule has 18 heavy (non-hydrogen) atoms. The number of aromatic nitrogens is 3. The van der Waals surface area contributed by atoms with Crippen LogP contribution in [0.4, 0.5) is 4.39 Å². The van der Waals surface area contributed by atoms with E-state index in [9.17, 15) is 4.39 Å². The van der Waals surface area contributed by atoms with Gasteiger partial charge in [-0.25, -0.2) is 4.39 Å². The van der Waals surface area contributed by atoms with E-state index in [4.69, 9.17) is 0 Å². The highest BCUT2D eigenvalue weighted by atomic mass is 79.9. The number of thioether (sulfide) groups is 1. The molecule has 3 nitrogen and oxygen atoms in total. The van der Waals surface area contributed by atoms with E-state index >= 15 is 0 Å². The van der Waals surface area contributed by atoms with Gasteiger partial charge in [-0.05, 0) is 24.6 Å². The fourth-order valence-electron chi connectivity index (χ4n) is 1.47. The first-order chi connectivity index (χ1) is 8.58. The summed E-state index contributed by atoms with van der Waals surface area (Å²) in [5.41, 5.74) is 1.08. The van der Waals surface area contributed by atoms with Crippen molar-refractivity contribution >= 4 is 27.7 Å². The Hall–Kier alpha value is -0.880. The molecule has 1 heterocycles. The number of aryl methyl sites for hydroxylation is 1. The fraction of sp³-hybridized carbons (Fsp3) is 0.333. The lowest BCUT2D eigenvalue weighted by Crippen LogP contribution is -1.98. The third-order valence-electron chi connectivity index (χ3n) is 2.69. The molecule has 0 aliphatic rings. The lowest BCUT2D eigenvalue weighted by atomic mass is 10.2. The molecule has 0 saturated heterocycles. The Morgan fingerprint density at radius 2 is 2.11 bits per heavy atom. The van der Waals surface area contributed by atoms with E-state index in [0.717, 1.165) is 33.2 Å². The maximum absolute atomic E-state index is 12.9. The van der Waals surface area contributed by atoms with Gasteiger partial charge < -0.3 is 4.57 Å². The summed E-state index contributed by atoms with van der Waals surface area (Å²) in [5.74, 6) is 3.25. The average Bonchev–Trinajstić information content (AvgIpc) is 2.64. The minimum Gasteiger partial charge on any atom is -0.318 e. The van der Waals surface area contributed by atoms with Crippen LogP contribution in [0.15, 0.2) is 22.7 Å². The average molecular weight is 330 g/mol. The first-order valence-electron chi connectivity index (χ1n) is 5.44. The van der Waals surface area contributed by atoms with Crippen LogP contribution < -0.4 is 0 Å². The molecule has 1 aromatic carbocycles. The zero-order valence-electron chi connectivity index (χ0n) is 10.2. The van der Waals surface area contributed by atoms with Gasteiger partial charge in [-0.1, -0.05) is 22.0 Å². The minimum absolute atomic E-state index is 0.223. The summed E-state index contributed by atoms with van der Waals surface area (Å²) in [6.07, 6.45) is 0. The number of benzene rings is 1. The van der Waals surface area contributed by atoms with Gasteiger partial charge in [0.25, 0.3) is 0 Å². The standard InChI is InChI=1S/C12H13BrFN3S/c1-8-15-16-12(17(8)2)7-18-6-9-3-4-10(14)5-11(9)13/h3-5H,6-7H2,1-2H3. The molecule has 0 amide bonds. The zero-order chi connectivity index (χ0) is 13.1. The Morgan fingerprint density at radius 1 is 1.33 bits per heavy atom. The second-order valence-corrected chi connectivity index (χ2v) is 5.79. The normalized spacial score (nSPS) is 10.9. The maximum Gasteiger partial charge on any atom is 0.142 e. The molecule has 0 aliphatic heterocycles. The Kier molecular flexibility index (Phi) is 4.40.